The van der Waals surface area contributed by atoms with Crippen molar-refractivity contribution < 1.29 is 0 Å². The van der Waals surface area contributed by atoms with E-state index in [-0.39, 0.29) is 6.04 Å². The number of nitrogens with zero attached hydrogens (tertiary/aromatic N) is 1. The lowest BCUT2D eigenvalue weighted by molar-refractivity contribution is 0.531. The van der Waals surface area contributed by atoms with Crippen LogP contribution >= 0.6 is 15.9 Å². The standard InChI is InChI=1S/C12H16BrN3/c1-8(2)12(7-15)16-11-4-3-9(6-14)5-10(11)13/h3-5,8,12,16H,7,15H2,1-2H3. The van der Waals surface area contributed by atoms with Crippen LogP contribution in [0.3, 0.4) is 0 Å². The van der Waals surface area contributed by atoms with E-state index in [1.807, 2.05) is 6.07 Å². The Labute approximate surface area is 105 Å². The average Bonchev–Trinajstić information content (AvgIpc) is 2.26. The van der Waals surface area contributed by atoms with E-state index in [2.05, 4.69) is 41.2 Å². The Bertz CT molecular complexity index is 396. The van der Waals surface area contributed by atoms with Gasteiger partial charge in [-0.1, -0.05) is 13.8 Å². The Morgan fingerprint density at radius 1 is 1.50 bits per heavy atom. The van der Waals surface area contributed by atoms with Crippen molar-refractivity contribution in [2.75, 3.05) is 11.9 Å². The molecule has 0 amide bonds. The first kappa shape index (κ1) is 13.0. The fourth-order valence-electron chi connectivity index (χ4n) is 1.40. The van der Waals surface area contributed by atoms with Gasteiger partial charge in [0.25, 0.3) is 0 Å². The highest BCUT2D eigenvalue weighted by atomic mass is 79.9. The van der Waals surface area contributed by atoms with Gasteiger partial charge in [0, 0.05) is 22.7 Å². The van der Waals surface area contributed by atoms with E-state index in [0.29, 0.717) is 18.0 Å². The summed E-state index contributed by atoms with van der Waals surface area (Å²) in [7, 11) is 0. The molecule has 0 spiro atoms. The van der Waals surface area contributed by atoms with Gasteiger partial charge in [-0.3, -0.25) is 0 Å². The Kier molecular flexibility index (Phi) is 4.78. The van der Waals surface area contributed by atoms with Crippen molar-refractivity contribution in [3.05, 3.63) is 28.2 Å². The van der Waals surface area contributed by atoms with E-state index in [1.54, 1.807) is 12.1 Å². The largest absolute Gasteiger partial charge is 0.380 e. The highest BCUT2D eigenvalue weighted by molar-refractivity contribution is 9.10. The van der Waals surface area contributed by atoms with Crippen molar-refractivity contribution in [3.63, 3.8) is 0 Å². The van der Waals surface area contributed by atoms with E-state index in [0.717, 1.165) is 10.2 Å². The summed E-state index contributed by atoms with van der Waals surface area (Å²) in [6.45, 7) is 4.84. The minimum atomic E-state index is 0.240. The monoisotopic (exact) mass is 281 g/mol. The molecule has 4 heteroatoms. The zero-order chi connectivity index (χ0) is 12.1. The number of hydrogen-bond acceptors (Lipinski definition) is 3. The molecule has 0 fully saturated rings. The fraction of sp³-hybridized carbons (Fsp3) is 0.417. The highest BCUT2D eigenvalue weighted by Gasteiger charge is 2.12. The zero-order valence-corrected chi connectivity index (χ0v) is 11.1. The molecule has 86 valence electrons. The van der Waals surface area contributed by atoms with Crippen LogP contribution in [0.4, 0.5) is 5.69 Å². The summed E-state index contributed by atoms with van der Waals surface area (Å²) in [6.07, 6.45) is 0. The van der Waals surface area contributed by atoms with Gasteiger partial charge in [0.2, 0.25) is 0 Å². The zero-order valence-electron chi connectivity index (χ0n) is 9.50. The van der Waals surface area contributed by atoms with Crippen LogP contribution in [0.15, 0.2) is 22.7 Å². The summed E-state index contributed by atoms with van der Waals surface area (Å²) in [5.74, 6) is 0.465. The molecule has 0 heterocycles. The number of hydrogen-bond donors (Lipinski definition) is 2. The van der Waals surface area contributed by atoms with Gasteiger partial charge in [-0.2, -0.15) is 5.26 Å². The van der Waals surface area contributed by atoms with Crippen LogP contribution in [0.1, 0.15) is 19.4 Å². The summed E-state index contributed by atoms with van der Waals surface area (Å²) in [4.78, 5) is 0. The van der Waals surface area contributed by atoms with Gasteiger partial charge in [0.1, 0.15) is 0 Å². The number of rotatable bonds is 4. The van der Waals surface area contributed by atoms with E-state index in [4.69, 9.17) is 11.0 Å². The van der Waals surface area contributed by atoms with Gasteiger partial charge in [-0.15, -0.1) is 0 Å². The molecule has 0 aliphatic carbocycles. The summed E-state index contributed by atoms with van der Waals surface area (Å²) in [5.41, 5.74) is 7.32. The lowest BCUT2D eigenvalue weighted by Crippen LogP contribution is -2.33. The Morgan fingerprint density at radius 3 is 2.62 bits per heavy atom. The molecule has 1 rings (SSSR count). The first-order chi connectivity index (χ1) is 7.58. The molecule has 0 saturated carbocycles. The van der Waals surface area contributed by atoms with Crippen molar-refractivity contribution in [3.8, 4) is 6.07 Å². The van der Waals surface area contributed by atoms with E-state index >= 15 is 0 Å². The van der Waals surface area contributed by atoms with Crippen LogP contribution in [0, 0.1) is 17.2 Å². The molecule has 0 radical (unpaired) electrons. The Balaban J connectivity index is 2.86. The van der Waals surface area contributed by atoms with Crippen LogP contribution in [0.25, 0.3) is 0 Å². The Hall–Kier alpha value is -1.05. The number of nitrogens with two attached hydrogens (primary N) is 1. The van der Waals surface area contributed by atoms with E-state index in [1.165, 1.54) is 0 Å². The SMILES string of the molecule is CC(C)C(CN)Nc1ccc(C#N)cc1Br. The second kappa shape index (κ2) is 5.88. The average molecular weight is 282 g/mol. The predicted octanol–water partition coefficient (Wildman–Crippen LogP) is 2.72. The molecule has 0 aliphatic heterocycles. The van der Waals surface area contributed by atoms with Crippen LogP contribution in [-0.4, -0.2) is 12.6 Å². The maximum Gasteiger partial charge on any atom is 0.0992 e. The maximum atomic E-state index is 8.76. The molecular formula is C12H16BrN3. The van der Waals surface area contributed by atoms with Gasteiger partial charge in [-0.05, 0) is 40.0 Å². The third-order valence-corrected chi connectivity index (χ3v) is 3.15. The van der Waals surface area contributed by atoms with Crippen molar-refractivity contribution in [1.82, 2.24) is 0 Å². The predicted molar refractivity (Wildman–Crippen MR) is 70.2 cm³/mol. The van der Waals surface area contributed by atoms with Crippen LogP contribution in [0.2, 0.25) is 0 Å². The molecule has 3 N–H and O–H groups in total. The molecule has 1 aromatic carbocycles. The minimum absolute atomic E-state index is 0.240. The maximum absolute atomic E-state index is 8.76. The van der Waals surface area contributed by atoms with Gasteiger partial charge >= 0.3 is 0 Å². The van der Waals surface area contributed by atoms with Gasteiger partial charge in [-0.25, -0.2) is 0 Å². The van der Waals surface area contributed by atoms with E-state index < -0.39 is 0 Å². The molecule has 0 bridgehead atoms. The van der Waals surface area contributed by atoms with Crippen molar-refractivity contribution in [2.24, 2.45) is 11.7 Å². The van der Waals surface area contributed by atoms with Crippen LogP contribution in [0.5, 0.6) is 0 Å². The van der Waals surface area contributed by atoms with Crippen LogP contribution in [-0.2, 0) is 0 Å². The summed E-state index contributed by atoms with van der Waals surface area (Å²) in [5, 5.41) is 12.1. The first-order valence-corrected chi connectivity index (χ1v) is 6.04. The molecule has 0 aromatic heterocycles. The van der Waals surface area contributed by atoms with Crippen molar-refractivity contribution in [2.45, 2.75) is 19.9 Å². The summed E-state index contributed by atoms with van der Waals surface area (Å²) >= 11 is 3.44. The second-order valence-corrected chi connectivity index (χ2v) is 4.89. The van der Waals surface area contributed by atoms with Crippen molar-refractivity contribution >= 4 is 21.6 Å². The molecule has 1 aromatic rings. The third-order valence-electron chi connectivity index (χ3n) is 2.50. The molecule has 0 saturated heterocycles. The second-order valence-electron chi connectivity index (χ2n) is 4.04. The smallest absolute Gasteiger partial charge is 0.0992 e. The molecule has 16 heavy (non-hydrogen) atoms. The quantitative estimate of drug-likeness (QED) is 0.892. The molecular weight excluding hydrogens is 266 g/mol. The number of benzene rings is 1. The van der Waals surface area contributed by atoms with Crippen molar-refractivity contribution in [1.29, 1.82) is 5.26 Å². The molecule has 1 atom stereocenters. The molecule has 1 unspecified atom stereocenters. The normalized spacial score (nSPS) is 12.2. The minimum Gasteiger partial charge on any atom is -0.380 e. The number of halogens is 1. The van der Waals surface area contributed by atoms with Crippen LogP contribution < -0.4 is 11.1 Å². The Morgan fingerprint density at radius 2 is 2.19 bits per heavy atom. The van der Waals surface area contributed by atoms with E-state index in [9.17, 15) is 0 Å². The molecule has 3 nitrogen and oxygen atoms in total. The summed E-state index contributed by atoms with van der Waals surface area (Å²) in [6, 6.07) is 7.83. The van der Waals surface area contributed by atoms with Gasteiger partial charge in [0.05, 0.1) is 11.6 Å². The topological polar surface area (TPSA) is 61.8 Å². The molecule has 0 aliphatic rings. The van der Waals surface area contributed by atoms with Gasteiger partial charge in [0.15, 0.2) is 0 Å². The lowest BCUT2D eigenvalue weighted by Gasteiger charge is -2.22. The van der Waals surface area contributed by atoms with Gasteiger partial charge < -0.3 is 11.1 Å². The number of nitriles is 1. The lowest BCUT2D eigenvalue weighted by atomic mass is 10.0. The highest BCUT2D eigenvalue weighted by Crippen LogP contribution is 2.24. The first-order valence-electron chi connectivity index (χ1n) is 5.24. The fourth-order valence-corrected chi connectivity index (χ4v) is 1.89. The third kappa shape index (κ3) is 3.22. The number of nitrogens with one attached hydrogen (secondary N) is 1. The number of anilines is 1. The summed E-state index contributed by atoms with van der Waals surface area (Å²) < 4.78 is 0.894.